The molecule has 0 heterocycles. The maximum atomic E-state index is 12.1. The van der Waals surface area contributed by atoms with Crippen molar-refractivity contribution in [2.75, 3.05) is 26.7 Å². The van der Waals surface area contributed by atoms with Gasteiger partial charge in [-0.05, 0) is 37.6 Å². The van der Waals surface area contributed by atoms with Gasteiger partial charge in [0, 0.05) is 13.1 Å². The summed E-state index contributed by atoms with van der Waals surface area (Å²) in [5.41, 5.74) is 0.926. The van der Waals surface area contributed by atoms with Crippen molar-refractivity contribution in [3.05, 3.63) is 29.3 Å². The smallest absolute Gasteiger partial charge is 0.338 e. The van der Waals surface area contributed by atoms with Crippen LogP contribution in [0.25, 0.3) is 0 Å². The highest BCUT2D eigenvalue weighted by molar-refractivity contribution is 7.89. The highest BCUT2D eigenvalue weighted by Crippen LogP contribution is 2.16. The highest BCUT2D eigenvalue weighted by Gasteiger charge is 2.17. The predicted molar refractivity (Wildman–Crippen MR) is 80.9 cm³/mol. The minimum absolute atomic E-state index is 0.0593. The van der Waals surface area contributed by atoms with E-state index >= 15 is 0 Å². The van der Waals surface area contributed by atoms with E-state index in [0.717, 1.165) is 13.0 Å². The molecule has 0 bridgehead atoms. The van der Waals surface area contributed by atoms with Gasteiger partial charge in [0.05, 0.1) is 17.6 Å². The Bertz CT molecular complexity index is 585. The van der Waals surface area contributed by atoms with E-state index < -0.39 is 16.0 Å². The Morgan fingerprint density at radius 2 is 1.95 bits per heavy atom. The molecular weight excluding hydrogens is 292 g/mol. The summed E-state index contributed by atoms with van der Waals surface area (Å²) in [4.78, 5) is 11.7. The van der Waals surface area contributed by atoms with Crippen LogP contribution in [-0.4, -0.2) is 41.1 Å². The van der Waals surface area contributed by atoms with E-state index in [2.05, 4.69) is 14.8 Å². The van der Waals surface area contributed by atoms with Crippen molar-refractivity contribution in [3.8, 4) is 0 Å². The third-order valence-corrected chi connectivity index (χ3v) is 4.40. The second-order valence-corrected chi connectivity index (χ2v) is 6.38. The molecular formula is C14H22N2O4S. The molecule has 1 aromatic carbocycles. The first-order chi connectivity index (χ1) is 9.92. The number of methoxy groups -OCH3 is 1. The van der Waals surface area contributed by atoms with Crippen molar-refractivity contribution in [2.24, 2.45) is 0 Å². The fourth-order valence-electron chi connectivity index (χ4n) is 1.76. The number of ether oxygens (including phenoxy) is 1. The number of rotatable bonds is 8. The van der Waals surface area contributed by atoms with Crippen molar-refractivity contribution in [1.82, 2.24) is 10.0 Å². The van der Waals surface area contributed by atoms with Crippen LogP contribution in [0.1, 0.15) is 29.3 Å². The van der Waals surface area contributed by atoms with Gasteiger partial charge in [-0.1, -0.05) is 13.0 Å². The number of carbonyl (C=O) groups is 1. The average Bonchev–Trinajstić information content (AvgIpc) is 2.46. The molecule has 0 amide bonds. The zero-order valence-corrected chi connectivity index (χ0v) is 13.4. The molecule has 0 saturated heterocycles. The quantitative estimate of drug-likeness (QED) is 0.554. The number of hydrogen-bond donors (Lipinski definition) is 2. The molecule has 0 spiro atoms. The number of hydrogen-bond acceptors (Lipinski definition) is 5. The normalized spacial score (nSPS) is 11.4. The highest BCUT2D eigenvalue weighted by atomic mass is 32.2. The number of esters is 1. The Morgan fingerprint density at radius 3 is 2.57 bits per heavy atom. The molecule has 0 fully saturated rings. The lowest BCUT2D eigenvalue weighted by Gasteiger charge is -2.10. The standard InChI is InChI=1S/C14H22N2O4S/c1-4-7-15-8-9-16-21(18,19)12-6-5-11(2)13(10-12)14(17)20-3/h5-6,10,15-16H,4,7-9H2,1-3H3. The Morgan fingerprint density at radius 1 is 1.24 bits per heavy atom. The van der Waals surface area contributed by atoms with E-state index in [1.165, 1.54) is 19.2 Å². The first-order valence-corrected chi connectivity index (χ1v) is 8.30. The summed E-state index contributed by atoms with van der Waals surface area (Å²) >= 11 is 0. The minimum atomic E-state index is -3.63. The Hall–Kier alpha value is -1.44. The third kappa shape index (κ3) is 5.11. The fraction of sp³-hybridized carbons (Fsp3) is 0.500. The lowest BCUT2D eigenvalue weighted by atomic mass is 10.1. The molecule has 0 aliphatic heterocycles. The molecule has 0 radical (unpaired) electrons. The van der Waals surface area contributed by atoms with E-state index in [0.29, 0.717) is 18.7 Å². The van der Waals surface area contributed by atoms with Gasteiger partial charge in [0.15, 0.2) is 0 Å². The van der Waals surface area contributed by atoms with Gasteiger partial charge in [0.2, 0.25) is 10.0 Å². The van der Waals surface area contributed by atoms with Crippen LogP contribution in [-0.2, 0) is 14.8 Å². The van der Waals surface area contributed by atoms with Crippen molar-refractivity contribution in [2.45, 2.75) is 25.2 Å². The maximum absolute atomic E-state index is 12.1. The average molecular weight is 314 g/mol. The maximum Gasteiger partial charge on any atom is 0.338 e. The molecule has 0 atom stereocenters. The van der Waals surface area contributed by atoms with Gasteiger partial charge in [-0.3, -0.25) is 0 Å². The molecule has 0 unspecified atom stereocenters. The summed E-state index contributed by atoms with van der Waals surface area (Å²) in [6, 6.07) is 4.41. The van der Waals surface area contributed by atoms with E-state index in [1.807, 2.05) is 6.92 Å². The van der Waals surface area contributed by atoms with E-state index in [9.17, 15) is 13.2 Å². The molecule has 7 heteroatoms. The van der Waals surface area contributed by atoms with Gasteiger partial charge in [0.1, 0.15) is 0 Å². The van der Waals surface area contributed by atoms with E-state index in [4.69, 9.17) is 0 Å². The Balaban J connectivity index is 2.81. The van der Waals surface area contributed by atoms with Crippen LogP contribution in [0, 0.1) is 6.92 Å². The van der Waals surface area contributed by atoms with Crippen LogP contribution >= 0.6 is 0 Å². The van der Waals surface area contributed by atoms with Crippen LogP contribution in [0.2, 0.25) is 0 Å². The summed E-state index contributed by atoms with van der Waals surface area (Å²) in [7, 11) is -2.36. The van der Waals surface area contributed by atoms with Crippen LogP contribution in [0.5, 0.6) is 0 Å². The first kappa shape index (κ1) is 17.6. The number of nitrogens with one attached hydrogen (secondary N) is 2. The Kier molecular flexibility index (Phi) is 6.80. The number of benzene rings is 1. The summed E-state index contributed by atoms with van der Waals surface area (Å²) in [6.45, 7) is 5.47. The van der Waals surface area contributed by atoms with Gasteiger partial charge in [-0.2, -0.15) is 0 Å². The second kappa shape index (κ2) is 8.11. The monoisotopic (exact) mass is 314 g/mol. The number of aryl methyl sites for hydroxylation is 1. The topological polar surface area (TPSA) is 84.5 Å². The van der Waals surface area contributed by atoms with Crippen molar-refractivity contribution < 1.29 is 17.9 Å². The van der Waals surface area contributed by atoms with Gasteiger partial charge in [0.25, 0.3) is 0 Å². The van der Waals surface area contributed by atoms with Crippen molar-refractivity contribution >= 4 is 16.0 Å². The van der Waals surface area contributed by atoms with Gasteiger partial charge in [-0.25, -0.2) is 17.9 Å². The molecule has 2 N–H and O–H groups in total. The number of carbonyl (C=O) groups excluding carboxylic acids is 1. The van der Waals surface area contributed by atoms with Crippen molar-refractivity contribution in [3.63, 3.8) is 0 Å². The predicted octanol–water partition coefficient (Wildman–Crippen LogP) is 1.06. The van der Waals surface area contributed by atoms with Crippen LogP contribution in [0.3, 0.4) is 0 Å². The van der Waals surface area contributed by atoms with E-state index in [1.54, 1.807) is 13.0 Å². The first-order valence-electron chi connectivity index (χ1n) is 6.81. The molecule has 0 saturated carbocycles. The zero-order chi connectivity index (χ0) is 15.9. The van der Waals surface area contributed by atoms with Crippen molar-refractivity contribution in [1.29, 1.82) is 0 Å². The summed E-state index contributed by atoms with van der Waals surface area (Å²) in [5, 5.41) is 3.11. The van der Waals surface area contributed by atoms with Crippen LogP contribution in [0.15, 0.2) is 23.1 Å². The van der Waals surface area contributed by atoms with Gasteiger partial charge in [-0.15, -0.1) is 0 Å². The second-order valence-electron chi connectivity index (χ2n) is 4.62. The molecule has 1 rings (SSSR count). The van der Waals surface area contributed by atoms with Gasteiger partial charge < -0.3 is 10.1 Å². The number of sulfonamides is 1. The summed E-state index contributed by atoms with van der Waals surface area (Å²) in [5.74, 6) is -0.547. The largest absolute Gasteiger partial charge is 0.465 e. The van der Waals surface area contributed by atoms with Gasteiger partial charge >= 0.3 is 5.97 Å². The minimum Gasteiger partial charge on any atom is -0.465 e. The third-order valence-electron chi connectivity index (χ3n) is 2.95. The SMILES string of the molecule is CCCNCCNS(=O)(=O)c1ccc(C)c(C(=O)OC)c1. The van der Waals surface area contributed by atoms with Crippen LogP contribution in [0.4, 0.5) is 0 Å². The molecule has 0 aliphatic rings. The molecule has 21 heavy (non-hydrogen) atoms. The zero-order valence-electron chi connectivity index (χ0n) is 12.6. The lowest BCUT2D eigenvalue weighted by Crippen LogP contribution is -2.32. The Labute approximate surface area is 125 Å². The summed E-state index contributed by atoms with van der Waals surface area (Å²) in [6.07, 6.45) is 0.993. The lowest BCUT2D eigenvalue weighted by molar-refractivity contribution is 0.0599. The molecule has 118 valence electrons. The van der Waals surface area contributed by atoms with Crippen LogP contribution < -0.4 is 10.0 Å². The molecule has 1 aromatic rings. The fourth-order valence-corrected chi connectivity index (χ4v) is 2.81. The molecule has 6 nitrogen and oxygen atoms in total. The molecule has 0 aliphatic carbocycles. The molecule has 0 aromatic heterocycles. The van der Waals surface area contributed by atoms with E-state index in [-0.39, 0.29) is 10.5 Å². The summed E-state index contributed by atoms with van der Waals surface area (Å²) < 4.78 is 31.4.